The second kappa shape index (κ2) is 4.93. The highest BCUT2D eigenvalue weighted by Crippen LogP contribution is 2.36. The number of para-hydroxylation sites is 1. The molecule has 21 heavy (non-hydrogen) atoms. The van der Waals surface area contributed by atoms with Crippen LogP contribution in [0.1, 0.15) is 31.5 Å². The van der Waals surface area contributed by atoms with E-state index >= 15 is 0 Å². The molecule has 5 heteroatoms. The minimum atomic E-state index is -0.164. The van der Waals surface area contributed by atoms with Crippen LogP contribution in [0.2, 0.25) is 0 Å². The zero-order valence-electron chi connectivity index (χ0n) is 11.8. The molecule has 2 fully saturated rings. The molecule has 2 atom stereocenters. The van der Waals surface area contributed by atoms with E-state index in [0.29, 0.717) is 24.0 Å². The van der Waals surface area contributed by atoms with Crippen molar-refractivity contribution >= 4 is 10.9 Å². The molecule has 0 amide bonds. The lowest BCUT2D eigenvalue weighted by atomic mass is 10.00. The first-order valence-electron chi connectivity index (χ1n) is 7.62. The molecular formula is C16H19N3O2. The van der Waals surface area contributed by atoms with Gasteiger partial charge in [0.2, 0.25) is 0 Å². The van der Waals surface area contributed by atoms with Crippen molar-refractivity contribution in [3.63, 3.8) is 0 Å². The number of hydrogen-bond acceptors (Lipinski definition) is 4. The predicted octanol–water partition coefficient (Wildman–Crippen LogP) is 1.41. The summed E-state index contributed by atoms with van der Waals surface area (Å²) in [6, 6.07) is 8.28. The Morgan fingerprint density at radius 1 is 1.24 bits per heavy atom. The van der Waals surface area contributed by atoms with Crippen LogP contribution in [0.25, 0.3) is 10.9 Å². The fourth-order valence-electron chi connectivity index (χ4n) is 3.89. The van der Waals surface area contributed by atoms with E-state index < -0.39 is 0 Å². The highest BCUT2D eigenvalue weighted by Gasteiger charge is 2.40. The monoisotopic (exact) mass is 285 g/mol. The number of aromatic nitrogens is 2. The maximum absolute atomic E-state index is 12.1. The molecule has 4 rings (SSSR count). The van der Waals surface area contributed by atoms with Gasteiger partial charge in [0.05, 0.1) is 23.6 Å². The van der Waals surface area contributed by atoms with Crippen LogP contribution >= 0.6 is 0 Å². The lowest BCUT2D eigenvalue weighted by molar-refractivity contribution is 0.0296. The van der Waals surface area contributed by atoms with E-state index in [2.05, 4.69) is 14.9 Å². The first kappa shape index (κ1) is 13.0. The van der Waals surface area contributed by atoms with Gasteiger partial charge in [0.25, 0.3) is 5.56 Å². The van der Waals surface area contributed by atoms with Gasteiger partial charge < -0.3 is 10.1 Å². The van der Waals surface area contributed by atoms with Gasteiger partial charge in [-0.15, -0.1) is 0 Å². The van der Waals surface area contributed by atoms with Gasteiger partial charge in [-0.1, -0.05) is 12.1 Å². The maximum Gasteiger partial charge on any atom is 0.258 e. The Kier molecular flexibility index (Phi) is 3.05. The van der Waals surface area contributed by atoms with Crippen molar-refractivity contribution in [2.75, 3.05) is 0 Å². The first-order valence-corrected chi connectivity index (χ1v) is 7.62. The van der Waals surface area contributed by atoms with Gasteiger partial charge >= 0.3 is 0 Å². The number of nitrogens with zero attached hydrogens (tertiary/aromatic N) is 2. The molecule has 2 aromatic rings. The number of aromatic amines is 1. The van der Waals surface area contributed by atoms with Crippen molar-refractivity contribution in [3.05, 3.63) is 40.4 Å². The van der Waals surface area contributed by atoms with E-state index in [1.807, 2.05) is 18.2 Å². The summed E-state index contributed by atoms with van der Waals surface area (Å²) in [5.74, 6) is 0.729. The fraction of sp³-hybridized carbons (Fsp3) is 0.500. The summed E-state index contributed by atoms with van der Waals surface area (Å²) >= 11 is 0. The Morgan fingerprint density at radius 3 is 2.71 bits per heavy atom. The highest BCUT2D eigenvalue weighted by molar-refractivity contribution is 5.77. The van der Waals surface area contributed by atoms with Gasteiger partial charge in [0.1, 0.15) is 5.82 Å². The van der Waals surface area contributed by atoms with E-state index in [9.17, 15) is 9.90 Å². The van der Waals surface area contributed by atoms with Crippen molar-refractivity contribution in [1.82, 2.24) is 14.9 Å². The number of rotatable bonds is 2. The van der Waals surface area contributed by atoms with Gasteiger partial charge in [-0.25, -0.2) is 4.98 Å². The van der Waals surface area contributed by atoms with Crippen molar-refractivity contribution < 1.29 is 5.11 Å². The summed E-state index contributed by atoms with van der Waals surface area (Å²) in [5, 5.41) is 10.5. The number of aliphatic hydroxyl groups excluding tert-OH is 1. The summed E-state index contributed by atoms with van der Waals surface area (Å²) in [5.41, 5.74) is 0.681. The van der Waals surface area contributed by atoms with Crippen molar-refractivity contribution in [1.29, 1.82) is 0 Å². The third-order valence-corrected chi connectivity index (χ3v) is 4.85. The van der Waals surface area contributed by atoms with E-state index in [-0.39, 0.29) is 11.7 Å². The highest BCUT2D eigenvalue weighted by atomic mass is 16.3. The normalized spacial score (nSPS) is 29.1. The molecule has 2 N–H and O–H groups in total. The summed E-state index contributed by atoms with van der Waals surface area (Å²) in [7, 11) is 0. The number of nitrogens with one attached hydrogen (secondary N) is 1. The minimum absolute atomic E-state index is 0.0695. The molecule has 0 saturated carbocycles. The number of fused-ring (bicyclic) bond motifs is 3. The molecule has 1 aromatic carbocycles. The number of H-pyrrole nitrogens is 1. The Morgan fingerprint density at radius 2 is 1.95 bits per heavy atom. The molecule has 2 bridgehead atoms. The van der Waals surface area contributed by atoms with E-state index in [4.69, 9.17) is 0 Å². The van der Waals surface area contributed by atoms with Crippen LogP contribution in [0.5, 0.6) is 0 Å². The standard InChI is InChI=1S/C16H19N3O2/c20-12-7-10-5-6-11(8-12)19(10)9-15-17-14-4-2-1-3-13(14)16(21)18-15/h1-4,10-12,20H,5-9H2,(H,17,18,21). The Hall–Kier alpha value is -1.72. The molecule has 0 aliphatic carbocycles. The molecule has 2 aliphatic heterocycles. The zero-order valence-corrected chi connectivity index (χ0v) is 11.8. The van der Waals surface area contributed by atoms with Crippen molar-refractivity contribution in [3.8, 4) is 0 Å². The number of aliphatic hydroxyl groups is 1. The Labute approximate surface area is 122 Å². The predicted molar refractivity (Wildman–Crippen MR) is 80.0 cm³/mol. The van der Waals surface area contributed by atoms with Crippen LogP contribution in [-0.2, 0) is 6.54 Å². The van der Waals surface area contributed by atoms with E-state index in [1.54, 1.807) is 6.07 Å². The lowest BCUT2D eigenvalue weighted by Crippen LogP contribution is -2.44. The topological polar surface area (TPSA) is 69.2 Å². The zero-order chi connectivity index (χ0) is 14.4. The quantitative estimate of drug-likeness (QED) is 0.875. The van der Waals surface area contributed by atoms with E-state index in [0.717, 1.165) is 37.0 Å². The van der Waals surface area contributed by atoms with Crippen LogP contribution < -0.4 is 5.56 Å². The van der Waals surface area contributed by atoms with Crippen LogP contribution in [0.4, 0.5) is 0 Å². The van der Waals surface area contributed by atoms with Crippen LogP contribution in [-0.4, -0.2) is 38.2 Å². The maximum atomic E-state index is 12.1. The first-order chi connectivity index (χ1) is 10.2. The molecular weight excluding hydrogens is 266 g/mol. The van der Waals surface area contributed by atoms with Gasteiger partial charge in [0, 0.05) is 12.1 Å². The van der Waals surface area contributed by atoms with Crippen molar-refractivity contribution in [2.45, 2.75) is 50.4 Å². The smallest absolute Gasteiger partial charge is 0.258 e. The van der Waals surface area contributed by atoms with Crippen LogP contribution in [0.3, 0.4) is 0 Å². The molecule has 0 radical (unpaired) electrons. The van der Waals surface area contributed by atoms with Crippen LogP contribution in [0, 0.1) is 0 Å². The lowest BCUT2D eigenvalue weighted by Gasteiger charge is -2.36. The largest absolute Gasteiger partial charge is 0.393 e. The molecule has 2 aliphatic rings. The minimum Gasteiger partial charge on any atom is -0.393 e. The van der Waals surface area contributed by atoms with Gasteiger partial charge in [0.15, 0.2) is 0 Å². The summed E-state index contributed by atoms with van der Waals surface area (Å²) in [6.07, 6.45) is 3.80. The van der Waals surface area contributed by atoms with Crippen LogP contribution in [0.15, 0.2) is 29.1 Å². The molecule has 2 unspecified atom stereocenters. The SMILES string of the molecule is O=c1[nH]c(CN2C3CCC2CC(O)C3)nc2ccccc12. The summed E-state index contributed by atoms with van der Waals surface area (Å²) < 4.78 is 0. The third-order valence-electron chi connectivity index (χ3n) is 4.85. The molecule has 1 aromatic heterocycles. The van der Waals surface area contributed by atoms with Crippen molar-refractivity contribution in [2.24, 2.45) is 0 Å². The number of benzene rings is 1. The summed E-state index contributed by atoms with van der Waals surface area (Å²) in [4.78, 5) is 22.0. The number of piperidine rings is 1. The second-order valence-electron chi connectivity index (χ2n) is 6.21. The molecule has 3 heterocycles. The average molecular weight is 285 g/mol. The molecule has 110 valence electrons. The number of hydrogen-bond donors (Lipinski definition) is 2. The Bertz CT molecular complexity index is 713. The molecule has 2 saturated heterocycles. The molecule has 5 nitrogen and oxygen atoms in total. The van der Waals surface area contributed by atoms with Gasteiger partial charge in [-0.2, -0.15) is 0 Å². The second-order valence-corrected chi connectivity index (χ2v) is 6.21. The average Bonchev–Trinajstić information content (AvgIpc) is 2.70. The van der Waals surface area contributed by atoms with Gasteiger partial charge in [-0.05, 0) is 37.8 Å². The van der Waals surface area contributed by atoms with Gasteiger partial charge in [-0.3, -0.25) is 9.69 Å². The Balaban J connectivity index is 1.65. The fourth-order valence-corrected chi connectivity index (χ4v) is 3.89. The van der Waals surface area contributed by atoms with E-state index in [1.165, 1.54) is 0 Å². The third kappa shape index (κ3) is 2.26. The summed E-state index contributed by atoms with van der Waals surface area (Å²) in [6.45, 7) is 0.669. The molecule has 0 spiro atoms.